The zero-order valence-electron chi connectivity index (χ0n) is 26.2. The quantitative estimate of drug-likeness (QED) is 0.234. The molecule has 1 amide bonds. The standard InChI is InChI=1S/C33H39N7O4S/c1-5-26-21-39(45(42,43)30-10-9-17-36-33(30)44-26)20-25-18-24(12-11-22(25)3)28(19-31(41)35-16-8-7-15-34)27-13-14-29-32(23(27)4)37-38-40(29)6-2/h9-14,17-18,26,28H,5-8,16,19-21H2,1-4H3,(H,35,41)/t26-,28?/m1/s1. The summed E-state index contributed by atoms with van der Waals surface area (Å²) in [5, 5.41) is 20.6. The number of benzene rings is 2. The minimum absolute atomic E-state index is 0.0600. The lowest BCUT2D eigenvalue weighted by atomic mass is 9.84. The van der Waals surface area contributed by atoms with Crippen molar-refractivity contribution in [2.24, 2.45) is 0 Å². The fourth-order valence-corrected chi connectivity index (χ4v) is 7.33. The molecule has 0 spiro atoms. The highest BCUT2D eigenvalue weighted by Gasteiger charge is 2.35. The van der Waals surface area contributed by atoms with Crippen LogP contribution in [0.15, 0.2) is 53.6 Å². The summed E-state index contributed by atoms with van der Waals surface area (Å²) in [6, 6.07) is 15.3. The van der Waals surface area contributed by atoms with Gasteiger partial charge in [-0.15, -0.1) is 5.10 Å². The first kappa shape index (κ1) is 32.1. The molecule has 1 unspecified atom stereocenters. The van der Waals surface area contributed by atoms with Crippen molar-refractivity contribution in [2.75, 3.05) is 13.1 Å². The minimum atomic E-state index is -3.89. The number of nitrogens with one attached hydrogen (secondary N) is 1. The number of rotatable bonds is 11. The van der Waals surface area contributed by atoms with Crippen molar-refractivity contribution in [3.63, 3.8) is 0 Å². The number of aryl methyl sites for hydroxylation is 3. The summed E-state index contributed by atoms with van der Waals surface area (Å²) in [5.41, 5.74) is 6.29. The molecule has 1 aliphatic heterocycles. The van der Waals surface area contributed by atoms with E-state index in [1.807, 2.05) is 62.7 Å². The number of aromatic nitrogens is 4. The molecule has 0 saturated heterocycles. The van der Waals surface area contributed by atoms with Gasteiger partial charge in [-0.3, -0.25) is 4.79 Å². The normalized spacial score (nSPS) is 16.7. The maximum atomic E-state index is 13.8. The van der Waals surface area contributed by atoms with Crippen LogP contribution in [0.25, 0.3) is 11.0 Å². The number of fused-ring (bicyclic) bond motifs is 2. The maximum Gasteiger partial charge on any atom is 0.248 e. The molecule has 5 rings (SSSR count). The molecular weight excluding hydrogens is 590 g/mol. The van der Waals surface area contributed by atoms with Gasteiger partial charge in [-0.05, 0) is 79.6 Å². The molecular formula is C33H39N7O4S. The minimum Gasteiger partial charge on any atom is -0.472 e. The Bertz CT molecular complexity index is 1850. The van der Waals surface area contributed by atoms with Crippen LogP contribution in [0.1, 0.15) is 73.3 Å². The Morgan fingerprint density at radius 2 is 2.02 bits per heavy atom. The summed E-state index contributed by atoms with van der Waals surface area (Å²) in [7, 11) is -3.89. The van der Waals surface area contributed by atoms with Crippen molar-refractivity contribution >= 4 is 27.0 Å². The molecule has 0 fully saturated rings. The molecule has 11 nitrogen and oxygen atoms in total. The summed E-state index contributed by atoms with van der Waals surface area (Å²) in [6.07, 6.45) is 2.94. The highest BCUT2D eigenvalue weighted by Crippen LogP contribution is 2.36. The number of nitrogens with zero attached hydrogens (tertiary/aromatic N) is 6. The summed E-state index contributed by atoms with van der Waals surface area (Å²) in [5.74, 6) is -0.322. The summed E-state index contributed by atoms with van der Waals surface area (Å²) < 4.78 is 37.0. The molecule has 236 valence electrons. The van der Waals surface area contributed by atoms with Gasteiger partial charge in [0, 0.05) is 44.6 Å². The van der Waals surface area contributed by atoms with Gasteiger partial charge in [0.2, 0.25) is 21.8 Å². The Hall–Kier alpha value is -4.34. The lowest BCUT2D eigenvalue weighted by Gasteiger charge is -2.25. The van der Waals surface area contributed by atoms with Crippen LogP contribution in [0, 0.1) is 25.2 Å². The number of nitriles is 1. The predicted octanol–water partition coefficient (Wildman–Crippen LogP) is 4.77. The summed E-state index contributed by atoms with van der Waals surface area (Å²) >= 11 is 0. The highest BCUT2D eigenvalue weighted by atomic mass is 32.2. The van der Waals surface area contributed by atoms with Gasteiger partial charge >= 0.3 is 0 Å². The van der Waals surface area contributed by atoms with Gasteiger partial charge in [0.15, 0.2) is 0 Å². The number of hydrogen-bond donors (Lipinski definition) is 1. The molecule has 3 heterocycles. The molecule has 2 atom stereocenters. The zero-order valence-corrected chi connectivity index (χ0v) is 27.0. The van der Waals surface area contributed by atoms with E-state index in [1.165, 1.54) is 16.6 Å². The van der Waals surface area contributed by atoms with Crippen molar-refractivity contribution in [1.29, 1.82) is 5.26 Å². The van der Waals surface area contributed by atoms with E-state index in [4.69, 9.17) is 10.00 Å². The van der Waals surface area contributed by atoms with Crippen molar-refractivity contribution in [3.05, 3.63) is 76.5 Å². The zero-order chi connectivity index (χ0) is 32.1. The predicted molar refractivity (Wildman–Crippen MR) is 170 cm³/mol. The first-order valence-corrected chi connectivity index (χ1v) is 16.8. The molecule has 1 N–H and O–H groups in total. The van der Waals surface area contributed by atoms with Crippen LogP contribution in [0.4, 0.5) is 0 Å². The second-order valence-electron chi connectivity index (χ2n) is 11.4. The maximum absolute atomic E-state index is 13.8. The number of sulfonamides is 1. The lowest BCUT2D eigenvalue weighted by molar-refractivity contribution is -0.121. The number of ether oxygens (including phenoxy) is 1. The van der Waals surface area contributed by atoms with Gasteiger partial charge < -0.3 is 10.1 Å². The Labute approximate surface area is 264 Å². The van der Waals surface area contributed by atoms with E-state index in [9.17, 15) is 13.2 Å². The van der Waals surface area contributed by atoms with E-state index < -0.39 is 10.0 Å². The Kier molecular flexibility index (Phi) is 9.80. The first-order valence-electron chi connectivity index (χ1n) is 15.3. The van der Waals surface area contributed by atoms with Gasteiger partial charge in [0.25, 0.3) is 0 Å². The van der Waals surface area contributed by atoms with Crippen LogP contribution in [0.3, 0.4) is 0 Å². The van der Waals surface area contributed by atoms with Gasteiger partial charge in [-0.2, -0.15) is 9.57 Å². The third-order valence-electron chi connectivity index (χ3n) is 8.45. The lowest BCUT2D eigenvalue weighted by Crippen LogP contribution is -2.36. The van der Waals surface area contributed by atoms with E-state index in [-0.39, 0.29) is 48.2 Å². The van der Waals surface area contributed by atoms with Crippen molar-refractivity contribution in [2.45, 2.75) is 83.4 Å². The van der Waals surface area contributed by atoms with Crippen LogP contribution in [0.2, 0.25) is 0 Å². The van der Waals surface area contributed by atoms with Gasteiger partial charge in [0.1, 0.15) is 16.5 Å². The molecule has 12 heteroatoms. The van der Waals surface area contributed by atoms with Crippen LogP contribution < -0.4 is 10.1 Å². The number of carbonyl (C=O) groups is 1. The van der Waals surface area contributed by atoms with Crippen molar-refractivity contribution < 1.29 is 17.9 Å². The smallest absolute Gasteiger partial charge is 0.248 e. The van der Waals surface area contributed by atoms with Gasteiger partial charge in [-0.1, -0.05) is 36.4 Å². The van der Waals surface area contributed by atoms with Gasteiger partial charge in [0.05, 0.1) is 18.1 Å². The number of amides is 1. The molecule has 0 bridgehead atoms. The molecule has 0 saturated carbocycles. The van der Waals surface area contributed by atoms with Crippen molar-refractivity contribution in [3.8, 4) is 11.9 Å². The van der Waals surface area contributed by atoms with Crippen LogP contribution in [-0.4, -0.2) is 57.8 Å². The van der Waals surface area contributed by atoms with E-state index in [1.54, 1.807) is 6.07 Å². The SMILES string of the molecule is CC[C@@H]1CN(Cc2cc(C(CC(=O)NCCCC#N)c3ccc4c(nnn4CC)c3C)ccc2C)S(=O)(=O)c2cccnc2O1. The Balaban J connectivity index is 1.53. The number of hydrogen-bond acceptors (Lipinski definition) is 8. The second kappa shape index (κ2) is 13.7. The van der Waals surface area contributed by atoms with E-state index >= 15 is 0 Å². The van der Waals surface area contributed by atoms with E-state index in [0.717, 1.165) is 38.9 Å². The molecule has 2 aromatic heterocycles. The molecule has 2 aromatic carbocycles. The monoisotopic (exact) mass is 629 g/mol. The van der Waals surface area contributed by atoms with E-state index in [2.05, 4.69) is 26.7 Å². The number of pyridine rings is 1. The Morgan fingerprint density at radius 3 is 2.78 bits per heavy atom. The first-order chi connectivity index (χ1) is 21.7. The Morgan fingerprint density at radius 1 is 1.20 bits per heavy atom. The molecule has 0 aliphatic carbocycles. The molecule has 1 aliphatic rings. The average Bonchev–Trinajstić information content (AvgIpc) is 3.42. The largest absolute Gasteiger partial charge is 0.472 e. The van der Waals surface area contributed by atoms with Crippen LogP contribution in [-0.2, 0) is 27.9 Å². The average molecular weight is 630 g/mol. The van der Waals surface area contributed by atoms with Crippen molar-refractivity contribution in [1.82, 2.24) is 29.6 Å². The fraction of sp³-hybridized carbons (Fsp3) is 0.424. The molecule has 45 heavy (non-hydrogen) atoms. The summed E-state index contributed by atoms with van der Waals surface area (Å²) in [4.78, 5) is 17.5. The third-order valence-corrected chi connectivity index (χ3v) is 10.3. The highest BCUT2D eigenvalue weighted by molar-refractivity contribution is 7.89. The van der Waals surface area contributed by atoms with Crippen LogP contribution >= 0.6 is 0 Å². The molecule has 0 radical (unpaired) electrons. The van der Waals surface area contributed by atoms with E-state index in [0.29, 0.717) is 32.4 Å². The van der Waals surface area contributed by atoms with Crippen LogP contribution in [0.5, 0.6) is 5.88 Å². The van der Waals surface area contributed by atoms with Gasteiger partial charge in [-0.25, -0.2) is 18.1 Å². The number of carbonyl (C=O) groups excluding carboxylic acids is 1. The summed E-state index contributed by atoms with van der Waals surface area (Å²) in [6.45, 7) is 9.38. The molecule has 4 aromatic rings. The fourth-order valence-electron chi connectivity index (χ4n) is 5.80. The topological polar surface area (TPSA) is 143 Å². The second-order valence-corrected chi connectivity index (χ2v) is 13.3. The third kappa shape index (κ3) is 6.70. The number of unbranched alkanes of at least 4 members (excludes halogenated alkanes) is 1.